The molecule has 0 fully saturated rings. The quantitative estimate of drug-likeness (QED) is 0.806. The molecule has 2 N–H and O–H groups in total. The summed E-state index contributed by atoms with van der Waals surface area (Å²) in [6, 6.07) is 10.1. The van der Waals surface area contributed by atoms with Crippen LogP contribution in [0, 0.1) is 0 Å². The first-order chi connectivity index (χ1) is 8.69. The Kier molecular flexibility index (Phi) is 5.38. The van der Waals surface area contributed by atoms with Crippen LogP contribution in [0.2, 0.25) is 0 Å². The summed E-state index contributed by atoms with van der Waals surface area (Å²) in [5, 5.41) is 12.4. The lowest BCUT2D eigenvalue weighted by atomic mass is 10.1. The smallest absolute Gasteiger partial charge is 0.0843 e. The molecule has 0 unspecified atom stereocenters. The van der Waals surface area contributed by atoms with Gasteiger partial charge in [0.1, 0.15) is 0 Å². The number of aliphatic hydroxyl groups excluding tert-OH is 1. The Hall–Kier alpha value is -0.200. The van der Waals surface area contributed by atoms with Gasteiger partial charge in [0.15, 0.2) is 0 Å². The Bertz CT molecular complexity index is 491. The van der Waals surface area contributed by atoms with Crippen LogP contribution in [0.3, 0.4) is 0 Å². The second-order valence-corrected chi connectivity index (χ2v) is 7.22. The molecule has 0 aliphatic rings. The largest absolute Gasteiger partial charge is 0.392 e. The number of thiophene rings is 1. The number of hydrogen-bond donors (Lipinski definition) is 2. The van der Waals surface area contributed by atoms with E-state index < -0.39 is 0 Å². The molecule has 0 amide bonds. The lowest BCUT2D eigenvalue weighted by Gasteiger charge is -2.04. The molecule has 2 nitrogen and oxygen atoms in total. The van der Waals surface area contributed by atoms with Crippen molar-refractivity contribution in [2.24, 2.45) is 0 Å². The van der Waals surface area contributed by atoms with Crippen molar-refractivity contribution in [1.82, 2.24) is 5.32 Å². The van der Waals surface area contributed by atoms with E-state index in [0.29, 0.717) is 0 Å². The third-order valence-electron chi connectivity index (χ3n) is 2.53. The van der Waals surface area contributed by atoms with E-state index in [1.165, 1.54) is 10.4 Å². The zero-order valence-corrected chi connectivity index (χ0v) is 13.6. The van der Waals surface area contributed by atoms with Crippen molar-refractivity contribution < 1.29 is 5.11 Å². The summed E-state index contributed by atoms with van der Waals surface area (Å²) in [5.74, 6) is 0. The Morgan fingerprint density at radius 1 is 1.06 bits per heavy atom. The van der Waals surface area contributed by atoms with E-state index in [4.69, 9.17) is 5.11 Å². The average molecular weight is 391 g/mol. The number of nitrogens with one attached hydrogen (secondary N) is 1. The van der Waals surface area contributed by atoms with Crippen LogP contribution in [0.4, 0.5) is 0 Å². The summed E-state index contributed by atoms with van der Waals surface area (Å²) in [6.45, 7) is 1.79. The van der Waals surface area contributed by atoms with Crippen LogP contribution in [-0.2, 0) is 19.7 Å². The first kappa shape index (κ1) is 14.2. The van der Waals surface area contributed by atoms with Gasteiger partial charge < -0.3 is 10.4 Å². The first-order valence-corrected chi connectivity index (χ1v) is 7.92. The lowest BCUT2D eigenvalue weighted by molar-refractivity contribution is 0.282. The third-order valence-corrected chi connectivity index (χ3v) is 5.79. The van der Waals surface area contributed by atoms with Crippen LogP contribution in [0.25, 0.3) is 0 Å². The van der Waals surface area contributed by atoms with Gasteiger partial charge >= 0.3 is 0 Å². The predicted octanol–water partition coefficient (Wildman–Crippen LogP) is 4.06. The van der Waals surface area contributed by atoms with Gasteiger partial charge in [-0.25, -0.2) is 0 Å². The second-order valence-electron chi connectivity index (χ2n) is 3.91. The average Bonchev–Trinajstić information content (AvgIpc) is 2.69. The van der Waals surface area contributed by atoms with E-state index >= 15 is 0 Å². The van der Waals surface area contributed by atoms with E-state index in [-0.39, 0.29) is 6.61 Å². The van der Waals surface area contributed by atoms with Crippen molar-refractivity contribution in [3.63, 3.8) is 0 Å². The molecule has 0 radical (unpaired) electrons. The molecule has 0 bridgehead atoms. The fourth-order valence-electron chi connectivity index (χ4n) is 1.57. The van der Waals surface area contributed by atoms with Gasteiger partial charge in [0.25, 0.3) is 0 Å². The SMILES string of the molecule is OCc1ccc(CNCc2cc(Br)c(Br)s2)cc1. The van der Waals surface area contributed by atoms with Crippen LogP contribution < -0.4 is 5.32 Å². The summed E-state index contributed by atoms with van der Waals surface area (Å²) >= 11 is 8.70. The maximum atomic E-state index is 8.96. The molecule has 1 heterocycles. The normalized spacial score (nSPS) is 10.8. The molecule has 0 aliphatic carbocycles. The maximum Gasteiger partial charge on any atom is 0.0843 e. The molecule has 0 aliphatic heterocycles. The van der Waals surface area contributed by atoms with Crippen LogP contribution in [0.15, 0.2) is 38.6 Å². The minimum Gasteiger partial charge on any atom is -0.392 e. The standard InChI is InChI=1S/C13H13Br2NOS/c14-12-5-11(18-13(12)15)7-16-6-9-1-3-10(8-17)4-2-9/h1-5,16-17H,6-8H2. The highest BCUT2D eigenvalue weighted by atomic mass is 79.9. The molecule has 1 aromatic carbocycles. The predicted molar refractivity (Wildman–Crippen MR) is 82.6 cm³/mol. The second kappa shape index (κ2) is 6.82. The Balaban J connectivity index is 1.84. The monoisotopic (exact) mass is 389 g/mol. The van der Waals surface area contributed by atoms with E-state index in [2.05, 4.69) is 43.2 Å². The topological polar surface area (TPSA) is 32.3 Å². The van der Waals surface area contributed by atoms with Gasteiger partial charge in [-0.2, -0.15) is 0 Å². The van der Waals surface area contributed by atoms with Crippen molar-refractivity contribution in [2.75, 3.05) is 0 Å². The molecule has 2 aromatic rings. The van der Waals surface area contributed by atoms with E-state index in [1.54, 1.807) is 11.3 Å². The molecule has 0 atom stereocenters. The van der Waals surface area contributed by atoms with E-state index in [9.17, 15) is 0 Å². The molecular weight excluding hydrogens is 378 g/mol. The zero-order chi connectivity index (χ0) is 13.0. The fourth-order valence-corrected chi connectivity index (χ4v) is 3.72. The molecule has 1 aromatic heterocycles. The highest BCUT2D eigenvalue weighted by Crippen LogP contribution is 2.32. The van der Waals surface area contributed by atoms with Crippen LogP contribution in [0.1, 0.15) is 16.0 Å². The molecule has 96 valence electrons. The van der Waals surface area contributed by atoms with E-state index in [1.807, 2.05) is 24.3 Å². The Morgan fingerprint density at radius 3 is 2.28 bits per heavy atom. The van der Waals surface area contributed by atoms with Gasteiger partial charge in [0, 0.05) is 22.4 Å². The fraction of sp³-hybridized carbons (Fsp3) is 0.231. The van der Waals surface area contributed by atoms with E-state index in [0.717, 1.165) is 26.9 Å². The third kappa shape index (κ3) is 3.90. The molecule has 2 rings (SSSR count). The lowest BCUT2D eigenvalue weighted by Crippen LogP contribution is -2.11. The van der Waals surface area contributed by atoms with Gasteiger partial charge in [-0.1, -0.05) is 24.3 Å². The van der Waals surface area contributed by atoms with Crippen molar-refractivity contribution in [1.29, 1.82) is 0 Å². The van der Waals surface area contributed by atoms with Gasteiger partial charge in [0.2, 0.25) is 0 Å². The van der Waals surface area contributed by atoms with Gasteiger partial charge in [-0.15, -0.1) is 11.3 Å². The summed E-state index contributed by atoms with van der Waals surface area (Å²) in [4.78, 5) is 1.29. The maximum absolute atomic E-state index is 8.96. The van der Waals surface area contributed by atoms with Gasteiger partial charge in [-0.3, -0.25) is 0 Å². The summed E-state index contributed by atoms with van der Waals surface area (Å²) in [6.07, 6.45) is 0. The number of halogens is 2. The van der Waals surface area contributed by atoms with Crippen molar-refractivity contribution in [3.8, 4) is 0 Å². The molecular formula is C13H13Br2NOS. The Labute approximate surface area is 127 Å². The number of rotatable bonds is 5. The summed E-state index contributed by atoms with van der Waals surface area (Å²) in [5.41, 5.74) is 2.17. The molecule has 0 saturated heterocycles. The van der Waals surface area contributed by atoms with Crippen LogP contribution in [0.5, 0.6) is 0 Å². The summed E-state index contributed by atoms with van der Waals surface area (Å²) < 4.78 is 2.24. The van der Waals surface area contributed by atoms with Crippen LogP contribution in [-0.4, -0.2) is 5.11 Å². The van der Waals surface area contributed by atoms with Crippen molar-refractivity contribution in [2.45, 2.75) is 19.7 Å². The molecule has 0 spiro atoms. The zero-order valence-electron chi connectivity index (χ0n) is 9.62. The minimum absolute atomic E-state index is 0.102. The Morgan fingerprint density at radius 2 is 1.72 bits per heavy atom. The van der Waals surface area contributed by atoms with Crippen LogP contribution >= 0.6 is 43.2 Å². The molecule has 0 saturated carbocycles. The molecule has 18 heavy (non-hydrogen) atoms. The highest BCUT2D eigenvalue weighted by molar-refractivity contribution is 9.13. The van der Waals surface area contributed by atoms with Crippen molar-refractivity contribution in [3.05, 3.63) is 54.6 Å². The number of benzene rings is 1. The minimum atomic E-state index is 0.102. The van der Waals surface area contributed by atoms with Gasteiger partial charge in [-0.05, 0) is 49.1 Å². The summed E-state index contributed by atoms with van der Waals surface area (Å²) in [7, 11) is 0. The highest BCUT2D eigenvalue weighted by Gasteiger charge is 2.03. The van der Waals surface area contributed by atoms with Crippen molar-refractivity contribution >= 4 is 43.2 Å². The number of aliphatic hydroxyl groups is 1. The van der Waals surface area contributed by atoms with Gasteiger partial charge in [0.05, 0.1) is 10.4 Å². The number of hydrogen-bond acceptors (Lipinski definition) is 3. The molecule has 5 heteroatoms. The first-order valence-electron chi connectivity index (χ1n) is 5.52.